The van der Waals surface area contributed by atoms with E-state index in [0.29, 0.717) is 11.8 Å². The van der Waals surface area contributed by atoms with Crippen molar-refractivity contribution < 1.29 is 4.79 Å². The molecule has 2 aliphatic carbocycles. The Bertz CT molecular complexity index is 372. The van der Waals surface area contributed by atoms with Gasteiger partial charge in [-0.25, -0.2) is 0 Å². The van der Waals surface area contributed by atoms with Gasteiger partial charge >= 0.3 is 0 Å². The molecule has 1 unspecified atom stereocenters. The van der Waals surface area contributed by atoms with E-state index in [1.54, 1.807) is 0 Å². The number of nitrogens with zero attached hydrogens (tertiary/aromatic N) is 2. The zero-order chi connectivity index (χ0) is 14.3. The van der Waals surface area contributed by atoms with E-state index in [0.717, 1.165) is 32.0 Å². The van der Waals surface area contributed by atoms with E-state index in [1.165, 1.54) is 25.7 Å². The zero-order valence-corrected chi connectivity index (χ0v) is 13.2. The molecule has 1 aliphatic heterocycles. The molecular weight excluding hydrogens is 250 g/mol. The lowest BCUT2D eigenvalue weighted by Crippen LogP contribution is -2.46. The zero-order valence-electron chi connectivity index (χ0n) is 13.2. The van der Waals surface area contributed by atoms with Crippen LogP contribution >= 0.6 is 0 Å². The van der Waals surface area contributed by atoms with Gasteiger partial charge in [0.25, 0.3) is 0 Å². The van der Waals surface area contributed by atoms with Crippen LogP contribution in [0.5, 0.6) is 0 Å². The second-order valence-corrected chi connectivity index (χ2v) is 7.33. The number of amides is 1. The van der Waals surface area contributed by atoms with E-state index in [2.05, 4.69) is 36.0 Å². The Morgan fingerprint density at radius 3 is 2.55 bits per heavy atom. The summed E-state index contributed by atoms with van der Waals surface area (Å²) >= 11 is 0. The molecule has 1 spiro atoms. The van der Waals surface area contributed by atoms with Crippen molar-refractivity contribution in [3.05, 3.63) is 0 Å². The molecule has 4 heteroatoms. The lowest BCUT2D eigenvalue weighted by Gasteiger charge is -2.29. The third-order valence-corrected chi connectivity index (χ3v) is 5.38. The average Bonchev–Trinajstić information content (AvgIpc) is 3.10. The highest BCUT2D eigenvalue weighted by molar-refractivity contribution is 5.89. The molecule has 1 N–H and O–H groups in total. The second kappa shape index (κ2) is 5.30. The summed E-state index contributed by atoms with van der Waals surface area (Å²) in [6.45, 7) is 6.33. The third kappa shape index (κ3) is 2.48. The maximum atomic E-state index is 12.9. The Labute approximate surface area is 122 Å². The topological polar surface area (TPSA) is 35.6 Å². The number of hydrogen-bond acceptors (Lipinski definition) is 3. The van der Waals surface area contributed by atoms with Gasteiger partial charge in [-0.2, -0.15) is 0 Å². The Kier molecular flexibility index (Phi) is 3.80. The van der Waals surface area contributed by atoms with Crippen LogP contribution in [0.1, 0.15) is 52.4 Å². The number of rotatable bonds is 5. The molecule has 4 nitrogen and oxygen atoms in total. The fraction of sp³-hybridized carbons (Fsp3) is 0.938. The predicted octanol–water partition coefficient (Wildman–Crippen LogP) is 1.81. The van der Waals surface area contributed by atoms with Crippen molar-refractivity contribution in [1.29, 1.82) is 0 Å². The molecule has 0 aromatic carbocycles. The highest BCUT2D eigenvalue weighted by atomic mass is 16.2. The second-order valence-electron chi connectivity index (χ2n) is 7.33. The van der Waals surface area contributed by atoms with Gasteiger partial charge in [0.2, 0.25) is 5.91 Å². The SMILES string of the molecule is CC(C)C1NC2(CCCC2)C(=O)N1CCN(C)C1CC1. The van der Waals surface area contributed by atoms with E-state index in [4.69, 9.17) is 0 Å². The monoisotopic (exact) mass is 279 g/mol. The summed E-state index contributed by atoms with van der Waals surface area (Å²) in [6, 6.07) is 0.776. The Balaban J connectivity index is 1.67. The van der Waals surface area contributed by atoms with Gasteiger partial charge in [-0.05, 0) is 38.6 Å². The van der Waals surface area contributed by atoms with Crippen molar-refractivity contribution in [1.82, 2.24) is 15.1 Å². The fourth-order valence-corrected chi connectivity index (χ4v) is 3.89. The number of likely N-dealkylation sites (N-methyl/N-ethyl adjacent to an activating group) is 1. The van der Waals surface area contributed by atoms with Crippen molar-refractivity contribution in [2.24, 2.45) is 5.92 Å². The quantitative estimate of drug-likeness (QED) is 0.833. The van der Waals surface area contributed by atoms with Crippen LogP contribution in [0.3, 0.4) is 0 Å². The Morgan fingerprint density at radius 2 is 2.00 bits per heavy atom. The molecular formula is C16H29N3O. The lowest BCUT2D eigenvalue weighted by atomic mass is 9.98. The van der Waals surface area contributed by atoms with Gasteiger partial charge in [-0.3, -0.25) is 10.1 Å². The van der Waals surface area contributed by atoms with Crippen LogP contribution in [0.2, 0.25) is 0 Å². The van der Waals surface area contributed by atoms with Crippen LogP contribution in [0.4, 0.5) is 0 Å². The number of nitrogens with one attached hydrogen (secondary N) is 1. The molecule has 1 heterocycles. The summed E-state index contributed by atoms with van der Waals surface area (Å²) in [4.78, 5) is 17.4. The molecule has 3 fully saturated rings. The molecule has 0 radical (unpaired) electrons. The number of carbonyl (C=O) groups is 1. The summed E-state index contributed by atoms with van der Waals surface area (Å²) in [7, 11) is 2.20. The summed E-state index contributed by atoms with van der Waals surface area (Å²) in [6.07, 6.45) is 7.35. The summed E-state index contributed by atoms with van der Waals surface area (Å²) in [5.41, 5.74) is -0.215. The van der Waals surface area contributed by atoms with Crippen molar-refractivity contribution >= 4 is 5.91 Å². The maximum absolute atomic E-state index is 12.9. The Morgan fingerprint density at radius 1 is 1.35 bits per heavy atom. The van der Waals surface area contributed by atoms with Gasteiger partial charge in [-0.1, -0.05) is 26.7 Å². The summed E-state index contributed by atoms with van der Waals surface area (Å²) in [5, 5.41) is 3.69. The molecule has 114 valence electrons. The highest BCUT2D eigenvalue weighted by Gasteiger charge is 2.52. The van der Waals surface area contributed by atoms with E-state index in [9.17, 15) is 4.79 Å². The summed E-state index contributed by atoms with van der Waals surface area (Å²) < 4.78 is 0. The van der Waals surface area contributed by atoms with Crippen molar-refractivity contribution in [3.8, 4) is 0 Å². The van der Waals surface area contributed by atoms with E-state index >= 15 is 0 Å². The van der Waals surface area contributed by atoms with Crippen LogP contribution < -0.4 is 5.32 Å². The lowest BCUT2D eigenvalue weighted by molar-refractivity contribution is -0.133. The van der Waals surface area contributed by atoms with Crippen LogP contribution in [-0.4, -0.2) is 53.6 Å². The predicted molar refractivity (Wildman–Crippen MR) is 80.3 cm³/mol. The number of hydrogen-bond donors (Lipinski definition) is 1. The standard InChI is InChI=1S/C16H29N3O/c1-12(2)14-17-16(8-4-5-9-16)15(20)19(14)11-10-18(3)13-6-7-13/h12-14,17H,4-11H2,1-3H3. The number of carbonyl (C=O) groups excluding carboxylic acids is 1. The normalized spacial score (nSPS) is 29.4. The van der Waals surface area contributed by atoms with Crippen molar-refractivity contribution in [2.75, 3.05) is 20.1 Å². The third-order valence-electron chi connectivity index (χ3n) is 5.38. The fourth-order valence-electron chi connectivity index (χ4n) is 3.89. The van der Waals surface area contributed by atoms with Crippen LogP contribution in [0.15, 0.2) is 0 Å². The minimum absolute atomic E-state index is 0.215. The molecule has 0 aromatic rings. The van der Waals surface area contributed by atoms with Crippen molar-refractivity contribution in [2.45, 2.75) is 70.1 Å². The minimum atomic E-state index is -0.215. The van der Waals surface area contributed by atoms with Gasteiger partial charge < -0.3 is 9.80 Å². The molecule has 3 rings (SSSR count). The van der Waals surface area contributed by atoms with Crippen LogP contribution in [0.25, 0.3) is 0 Å². The van der Waals surface area contributed by atoms with Crippen molar-refractivity contribution in [3.63, 3.8) is 0 Å². The molecule has 0 aromatic heterocycles. The van der Waals surface area contributed by atoms with Gasteiger partial charge in [0.15, 0.2) is 0 Å². The smallest absolute Gasteiger partial charge is 0.244 e. The van der Waals surface area contributed by atoms with E-state index < -0.39 is 0 Å². The molecule has 2 saturated carbocycles. The van der Waals surface area contributed by atoms with E-state index in [1.807, 2.05) is 0 Å². The minimum Gasteiger partial charge on any atom is -0.324 e. The largest absolute Gasteiger partial charge is 0.324 e. The Hall–Kier alpha value is -0.610. The molecule has 1 atom stereocenters. The van der Waals surface area contributed by atoms with Crippen LogP contribution in [-0.2, 0) is 4.79 Å². The van der Waals surface area contributed by atoms with Gasteiger partial charge in [0.05, 0.1) is 11.7 Å². The molecule has 1 saturated heterocycles. The molecule has 1 amide bonds. The molecule has 20 heavy (non-hydrogen) atoms. The highest BCUT2D eigenvalue weighted by Crippen LogP contribution is 2.37. The molecule has 3 aliphatic rings. The van der Waals surface area contributed by atoms with Gasteiger partial charge in [0, 0.05) is 19.1 Å². The first kappa shape index (κ1) is 14.3. The van der Waals surface area contributed by atoms with Gasteiger partial charge in [-0.15, -0.1) is 0 Å². The molecule has 0 bridgehead atoms. The summed E-state index contributed by atoms with van der Waals surface area (Å²) in [5.74, 6) is 0.850. The first-order valence-electron chi connectivity index (χ1n) is 8.32. The maximum Gasteiger partial charge on any atom is 0.244 e. The first-order valence-corrected chi connectivity index (χ1v) is 8.32. The first-order chi connectivity index (χ1) is 9.53. The van der Waals surface area contributed by atoms with Crippen LogP contribution in [0, 0.1) is 5.92 Å². The van der Waals surface area contributed by atoms with Gasteiger partial charge in [0.1, 0.15) is 0 Å². The van der Waals surface area contributed by atoms with E-state index in [-0.39, 0.29) is 11.7 Å². The average molecular weight is 279 g/mol.